The Labute approximate surface area is 115 Å². The third-order valence-electron chi connectivity index (χ3n) is 3.06. The van der Waals surface area contributed by atoms with Gasteiger partial charge in [0, 0.05) is 4.47 Å². The van der Waals surface area contributed by atoms with E-state index in [2.05, 4.69) is 26.7 Å². The van der Waals surface area contributed by atoms with Crippen LogP contribution in [0.5, 0.6) is 0 Å². The summed E-state index contributed by atoms with van der Waals surface area (Å²) in [5, 5.41) is 3.30. The van der Waals surface area contributed by atoms with Crippen molar-refractivity contribution < 1.29 is 9.63 Å². The second-order valence-corrected chi connectivity index (χ2v) is 5.27. The van der Waals surface area contributed by atoms with E-state index in [0.29, 0.717) is 18.1 Å². The van der Waals surface area contributed by atoms with E-state index in [0.717, 1.165) is 30.4 Å². The van der Waals surface area contributed by atoms with Crippen molar-refractivity contribution in [2.24, 2.45) is 5.92 Å². The summed E-state index contributed by atoms with van der Waals surface area (Å²) in [6.07, 6.45) is 2.20. The van der Waals surface area contributed by atoms with Crippen molar-refractivity contribution >= 4 is 21.8 Å². The van der Waals surface area contributed by atoms with E-state index >= 15 is 0 Å². The van der Waals surface area contributed by atoms with E-state index in [-0.39, 0.29) is 5.91 Å². The van der Waals surface area contributed by atoms with Gasteiger partial charge in [-0.1, -0.05) is 12.1 Å². The maximum Gasteiger partial charge on any atom is 0.275 e. The van der Waals surface area contributed by atoms with Gasteiger partial charge < -0.3 is 5.32 Å². The van der Waals surface area contributed by atoms with Crippen LogP contribution in [0.3, 0.4) is 0 Å². The molecule has 5 heteroatoms. The zero-order valence-electron chi connectivity index (χ0n) is 10.1. The summed E-state index contributed by atoms with van der Waals surface area (Å²) >= 11 is 3.34. The first kappa shape index (κ1) is 13.5. The van der Waals surface area contributed by atoms with E-state index in [9.17, 15) is 4.79 Å². The zero-order chi connectivity index (χ0) is 12.8. The molecule has 1 aromatic rings. The van der Waals surface area contributed by atoms with Crippen molar-refractivity contribution in [3.05, 3.63) is 34.3 Å². The highest BCUT2D eigenvalue weighted by molar-refractivity contribution is 9.10. The molecule has 1 aliphatic heterocycles. The molecule has 0 radical (unpaired) electrons. The van der Waals surface area contributed by atoms with Crippen LogP contribution in [0.25, 0.3) is 0 Å². The molecule has 2 N–H and O–H groups in total. The van der Waals surface area contributed by atoms with Gasteiger partial charge in [0.1, 0.15) is 0 Å². The van der Waals surface area contributed by atoms with Gasteiger partial charge in [0.2, 0.25) is 0 Å². The summed E-state index contributed by atoms with van der Waals surface area (Å²) in [5.74, 6) is 0.321. The smallest absolute Gasteiger partial charge is 0.275 e. The molecule has 98 valence electrons. The number of hydrogen-bond donors (Lipinski definition) is 2. The molecular weight excluding hydrogens is 296 g/mol. The lowest BCUT2D eigenvalue weighted by molar-refractivity contribution is 0.0117. The van der Waals surface area contributed by atoms with Crippen molar-refractivity contribution in [3.63, 3.8) is 0 Å². The number of hydrogen-bond acceptors (Lipinski definition) is 3. The van der Waals surface area contributed by atoms with Gasteiger partial charge in [0.05, 0.1) is 12.2 Å². The first-order valence-electron chi connectivity index (χ1n) is 6.15. The van der Waals surface area contributed by atoms with Crippen LogP contribution < -0.4 is 10.8 Å². The topological polar surface area (TPSA) is 50.4 Å². The maximum atomic E-state index is 11.8. The van der Waals surface area contributed by atoms with Gasteiger partial charge in [-0.2, -0.15) is 0 Å². The number of carbonyl (C=O) groups excluding carboxylic acids is 1. The standard InChI is InChI=1S/C13H17BrN2O2/c14-12-4-2-1-3-11(12)13(17)16-18-9-10-5-7-15-8-6-10/h1-4,10,15H,5-9H2,(H,16,17). The summed E-state index contributed by atoms with van der Waals surface area (Å²) in [6.45, 7) is 2.65. The molecule has 1 fully saturated rings. The minimum absolute atomic E-state index is 0.212. The molecule has 0 saturated carbocycles. The first-order valence-corrected chi connectivity index (χ1v) is 6.94. The fraction of sp³-hybridized carbons (Fsp3) is 0.462. The number of carbonyl (C=O) groups is 1. The molecule has 0 aliphatic carbocycles. The number of benzene rings is 1. The normalized spacial score (nSPS) is 16.5. The van der Waals surface area contributed by atoms with Gasteiger partial charge in [-0.05, 0) is 59.9 Å². The van der Waals surface area contributed by atoms with Gasteiger partial charge in [0.25, 0.3) is 5.91 Å². The van der Waals surface area contributed by atoms with Crippen LogP contribution in [0, 0.1) is 5.92 Å². The fourth-order valence-corrected chi connectivity index (χ4v) is 2.44. The second kappa shape index (κ2) is 6.87. The van der Waals surface area contributed by atoms with Gasteiger partial charge in [0.15, 0.2) is 0 Å². The highest BCUT2D eigenvalue weighted by Gasteiger charge is 2.14. The molecule has 0 aromatic heterocycles. The van der Waals surface area contributed by atoms with Crippen molar-refractivity contribution in [2.75, 3.05) is 19.7 Å². The Kier molecular flexibility index (Phi) is 5.16. The average Bonchev–Trinajstić information content (AvgIpc) is 2.40. The van der Waals surface area contributed by atoms with Crippen LogP contribution >= 0.6 is 15.9 Å². The SMILES string of the molecule is O=C(NOCC1CCNCC1)c1ccccc1Br. The van der Waals surface area contributed by atoms with Crippen molar-refractivity contribution in [3.8, 4) is 0 Å². The van der Waals surface area contributed by atoms with E-state index in [1.165, 1.54) is 0 Å². The largest absolute Gasteiger partial charge is 0.317 e. The summed E-state index contributed by atoms with van der Waals surface area (Å²) in [5.41, 5.74) is 3.08. The van der Waals surface area contributed by atoms with Crippen LogP contribution in [0.4, 0.5) is 0 Å². The zero-order valence-corrected chi connectivity index (χ0v) is 11.7. The third-order valence-corrected chi connectivity index (χ3v) is 3.75. The van der Waals surface area contributed by atoms with Crippen LogP contribution in [0.1, 0.15) is 23.2 Å². The summed E-state index contributed by atoms with van der Waals surface area (Å²) in [7, 11) is 0. The molecule has 4 nitrogen and oxygen atoms in total. The lowest BCUT2D eigenvalue weighted by Crippen LogP contribution is -2.33. The quantitative estimate of drug-likeness (QED) is 0.837. The molecule has 1 saturated heterocycles. The molecule has 1 amide bonds. The molecule has 1 aromatic carbocycles. The Balaban J connectivity index is 1.76. The Bertz CT molecular complexity index is 406. The average molecular weight is 313 g/mol. The monoisotopic (exact) mass is 312 g/mol. The van der Waals surface area contributed by atoms with Crippen molar-refractivity contribution in [2.45, 2.75) is 12.8 Å². The number of rotatable bonds is 4. The van der Waals surface area contributed by atoms with Crippen molar-refractivity contribution in [1.82, 2.24) is 10.8 Å². The predicted octanol–water partition coefficient (Wildman–Crippen LogP) is 2.11. The van der Waals surface area contributed by atoms with Crippen LogP contribution in [-0.2, 0) is 4.84 Å². The Hall–Kier alpha value is -0.910. The molecule has 0 unspecified atom stereocenters. The maximum absolute atomic E-state index is 11.8. The molecule has 2 rings (SSSR count). The van der Waals surface area contributed by atoms with Gasteiger partial charge in [-0.25, -0.2) is 5.48 Å². The van der Waals surface area contributed by atoms with Crippen LogP contribution in [0.2, 0.25) is 0 Å². The van der Waals surface area contributed by atoms with Gasteiger partial charge >= 0.3 is 0 Å². The van der Waals surface area contributed by atoms with Gasteiger partial charge in [-0.3, -0.25) is 9.63 Å². The highest BCUT2D eigenvalue weighted by Crippen LogP contribution is 2.16. The Morgan fingerprint density at radius 1 is 1.39 bits per heavy atom. The van der Waals surface area contributed by atoms with E-state index < -0.39 is 0 Å². The number of piperidine rings is 1. The molecule has 1 heterocycles. The third kappa shape index (κ3) is 3.80. The molecular formula is C13H17BrN2O2. The molecule has 18 heavy (non-hydrogen) atoms. The van der Waals surface area contributed by atoms with E-state index in [1.54, 1.807) is 6.07 Å². The highest BCUT2D eigenvalue weighted by atomic mass is 79.9. The Morgan fingerprint density at radius 3 is 2.83 bits per heavy atom. The van der Waals surface area contributed by atoms with Gasteiger partial charge in [-0.15, -0.1) is 0 Å². The molecule has 0 atom stereocenters. The summed E-state index contributed by atoms with van der Waals surface area (Å²) in [6, 6.07) is 7.29. The van der Waals surface area contributed by atoms with Crippen LogP contribution in [-0.4, -0.2) is 25.6 Å². The second-order valence-electron chi connectivity index (χ2n) is 4.42. The van der Waals surface area contributed by atoms with Crippen LogP contribution in [0.15, 0.2) is 28.7 Å². The predicted molar refractivity (Wildman–Crippen MR) is 73.2 cm³/mol. The lowest BCUT2D eigenvalue weighted by atomic mass is 10.00. The van der Waals surface area contributed by atoms with E-state index in [4.69, 9.17) is 4.84 Å². The summed E-state index contributed by atoms with van der Waals surface area (Å²) < 4.78 is 0.771. The number of nitrogens with one attached hydrogen (secondary N) is 2. The fourth-order valence-electron chi connectivity index (χ4n) is 1.97. The number of halogens is 1. The van der Waals surface area contributed by atoms with E-state index in [1.807, 2.05) is 18.2 Å². The number of hydroxylamine groups is 1. The molecule has 0 spiro atoms. The summed E-state index contributed by atoms with van der Waals surface area (Å²) in [4.78, 5) is 17.1. The molecule has 1 aliphatic rings. The van der Waals surface area contributed by atoms with Crippen molar-refractivity contribution in [1.29, 1.82) is 0 Å². The minimum Gasteiger partial charge on any atom is -0.317 e. The first-order chi connectivity index (χ1) is 8.77. The molecule has 0 bridgehead atoms. The minimum atomic E-state index is -0.212. The number of amides is 1. The Morgan fingerprint density at radius 2 is 2.11 bits per heavy atom. The lowest BCUT2D eigenvalue weighted by Gasteiger charge is -2.22.